The molecule has 126 valence electrons. The highest BCUT2D eigenvalue weighted by atomic mass is 16.2. The molecule has 2 rings (SSSR count). The molecule has 1 aromatic carbocycles. The first-order valence-corrected chi connectivity index (χ1v) is 8.44. The zero-order valence-corrected chi connectivity index (χ0v) is 13.8. The van der Waals surface area contributed by atoms with E-state index in [9.17, 15) is 9.59 Å². The van der Waals surface area contributed by atoms with Crippen molar-refractivity contribution in [3.8, 4) is 0 Å². The first-order valence-electron chi connectivity index (χ1n) is 8.44. The molecule has 0 aliphatic heterocycles. The lowest BCUT2D eigenvalue weighted by Gasteiger charge is -2.21. The summed E-state index contributed by atoms with van der Waals surface area (Å²) < 4.78 is 0. The van der Waals surface area contributed by atoms with Crippen LogP contribution in [0.1, 0.15) is 38.2 Å². The molecular weight excluding hydrogens is 290 g/mol. The number of rotatable bonds is 7. The summed E-state index contributed by atoms with van der Waals surface area (Å²) in [4.78, 5) is 26.0. The molecule has 0 bridgehead atoms. The van der Waals surface area contributed by atoms with Crippen molar-refractivity contribution in [1.29, 1.82) is 0 Å². The van der Waals surface area contributed by atoms with Gasteiger partial charge in [-0.3, -0.25) is 9.59 Å². The Morgan fingerprint density at radius 1 is 1.26 bits per heavy atom. The van der Waals surface area contributed by atoms with Crippen LogP contribution in [0.25, 0.3) is 0 Å². The maximum atomic E-state index is 12.3. The average Bonchev–Trinajstić information content (AvgIpc) is 2.96. The zero-order valence-electron chi connectivity index (χ0n) is 13.8. The molecular formula is C18H27N3O2. The van der Waals surface area contributed by atoms with E-state index < -0.39 is 0 Å². The maximum absolute atomic E-state index is 12.3. The summed E-state index contributed by atoms with van der Waals surface area (Å²) in [7, 11) is 0. The summed E-state index contributed by atoms with van der Waals surface area (Å²) in [5, 5.41) is 2.74. The van der Waals surface area contributed by atoms with Gasteiger partial charge >= 0.3 is 0 Å². The minimum Gasteiger partial charge on any atom is -0.347 e. The lowest BCUT2D eigenvalue weighted by Crippen LogP contribution is -2.40. The number of nitrogens with zero attached hydrogens (tertiary/aromatic N) is 1. The largest absolute Gasteiger partial charge is 0.347 e. The molecule has 0 aromatic heterocycles. The van der Waals surface area contributed by atoms with Crippen molar-refractivity contribution < 1.29 is 9.59 Å². The molecule has 0 unspecified atom stereocenters. The zero-order chi connectivity index (χ0) is 16.7. The predicted molar refractivity (Wildman–Crippen MR) is 90.5 cm³/mol. The van der Waals surface area contributed by atoms with Crippen molar-refractivity contribution in [1.82, 2.24) is 10.2 Å². The van der Waals surface area contributed by atoms with Crippen LogP contribution in [0.5, 0.6) is 0 Å². The van der Waals surface area contributed by atoms with Crippen LogP contribution >= 0.6 is 0 Å². The summed E-state index contributed by atoms with van der Waals surface area (Å²) >= 11 is 0. The highest BCUT2D eigenvalue weighted by Gasteiger charge is 2.26. The van der Waals surface area contributed by atoms with Crippen molar-refractivity contribution in [3.05, 3.63) is 35.9 Å². The molecule has 1 aliphatic rings. The normalized spacial score (nSPS) is 20.3. The molecule has 1 fully saturated rings. The van der Waals surface area contributed by atoms with Gasteiger partial charge in [-0.2, -0.15) is 0 Å². The van der Waals surface area contributed by atoms with Crippen LogP contribution in [0.4, 0.5) is 0 Å². The Morgan fingerprint density at radius 3 is 2.61 bits per heavy atom. The number of carbonyl (C=O) groups is 2. The molecule has 23 heavy (non-hydrogen) atoms. The molecule has 1 aliphatic carbocycles. The Labute approximate surface area is 138 Å². The van der Waals surface area contributed by atoms with Gasteiger partial charge < -0.3 is 16.0 Å². The monoisotopic (exact) mass is 317 g/mol. The van der Waals surface area contributed by atoms with Crippen molar-refractivity contribution in [2.45, 2.75) is 45.2 Å². The molecule has 2 amide bonds. The van der Waals surface area contributed by atoms with Crippen LogP contribution in [0, 0.1) is 5.92 Å². The van der Waals surface area contributed by atoms with E-state index in [2.05, 4.69) is 5.32 Å². The fraction of sp³-hybridized carbons (Fsp3) is 0.556. The summed E-state index contributed by atoms with van der Waals surface area (Å²) in [5.41, 5.74) is 7.07. The lowest BCUT2D eigenvalue weighted by atomic mass is 10.00. The summed E-state index contributed by atoms with van der Waals surface area (Å²) in [6.07, 6.45) is 3.53. The second-order valence-electron chi connectivity index (χ2n) is 6.23. The first kappa shape index (κ1) is 17.5. The molecule has 1 saturated carbocycles. The third-order valence-electron chi connectivity index (χ3n) is 4.55. The highest BCUT2D eigenvalue weighted by molar-refractivity contribution is 5.84. The lowest BCUT2D eigenvalue weighted by molar-refractivity contribution is -0.133. The second kappa shape index (κ2) is 8.67. The Hall–Kier alpha value is -1.88. The summed E-state index contributed by atoms with van der Waals surface area (Å²) in [6.45, 7) is 3.19. The molecule has 0 spiro atoms. The van der Waals surface area contributed by atoms with Gasteiger partial charge in [0.15, 0.2) is 0 Å². The predicted octanol–water partition coefficient (Wildman–Crippen LogP) is 1.67. The average molecular weight is 317 g/mol. The third kappa shape index (κ3) is 5.36. The van der Waals surface area contributed by atoms with Gasteiger partial charge in [-0.25, -0.2) is 0 Å². The van der Waals surface area contributed by atoms with Crippen LogP contribution in [-0.4, -0.2) is 35.8 Å². The quantitative estimate of drug-likeness (QED) is 0.803. The Morgan fingerprint density at radius 2 is 2.00 bits per heavy atom. The van der Waals surface area contributed by atoms with Crippen LogP contribution in [0.3, 0.4) is 0 Å². The molecule has 3 N–H and O–H groups in total. The number of carbonyl (C=O) groups excluding carboxylic acids is 2. The summed E-state index contributed by atoms with van der Waals surface area (Å²) in [5.74, 6) is 0.133. The van der Waals surface area contributed by atoms with E-state index in [1.165, 1.54) is 0 Å². The molecule has 0 saturated heterocycles. The third-order valence-corrected chi connectivity index (χ3v) is 4.55. The van der Waals surface area contributed by atoms with Crippen LogP contribution < -0.4 is 11.1 Å². The SMILES string of the molecule is CCN(Cc1ccccc1)C(=O)CNC(=O)C[C@@H]1CCC[C@H]1N. The smallest absolute Gasteiger partial charge is 0.242 e. The van der Waals surface area contributed by atoms with Crippen molar-refractivity contribution in [2.75, 3.05) is 13.1 Å². The van der Waals surface area contributed by atoms with Crippen LogP contribution in [0.2, 0.25) is 0 Å². The van der Waals surface area contributed by atoms with E-state index in [1.54, 1.807) is 4.90 Å². The minimum atomic E-state index is -0.0727. The van der Waals surface area contributed by atoms with Crippen LogP contribution in [0.15, 0.2) is 30.3 Å². The Bertz CT molecular complexity index is 518. The van der Waals surface area contributed by atoms with E-state index in [1.807, 2.05) is 37.3 Å². The molecule has 0 heterocycles. The number of benzene rings is 1. The second-order valence-corrected chi connectivity index (χ2v) is 6.23. The van der Waals surface area contributed by atoms with E-state index in [4.69, 9.17) is 5.73 Å². The van der Waals surface area contributed by atoms with Gasteiger partial charge in [-0.05, 0) is 31.2 Å². The van der Waals surface area contributed by atoms with Gasteiger partial charge in [0.25, 0.3) is 0 Å². The van der Waals surface area contributed by atoms with Gasteiger partial charge in [0.05, 0.1) is 6.54 Å². The molecule has 0 radical (unpaired) electrons. The van der Waals surface area contributed by atoms with Gasteiger partial charge in [0.2, 0.25) is 11.8 Å². The van der Waals surface area contributed by atoms with Gasteiger partial charge in [-0.1, -0.05) is 36.8 Å². The van der Waals surface area contributed by atoms with Gasteiger partial charge in [-0.15, -0.1) is 0 Å². The maximum Gasteiger partial charge on any atom is 0.242 e. The van der Waals surface area contributed by atoms with E-state index >= 15 is 0 Å². The fourth-order valence-electron chi connectivity index (χ4n) is 3.10. The van der Waals surface area contributed by atoms with E-state index in [0.717, 1.165) is 24.8 Å². The van der Waals surface area contributed by atoms with E-state index in [-0.39, 0.29) is 30.3 Å². The number of likely N-dealkylation sites (N-methyl/N-ethyl adjacent to an activating group) is 1. The first-order chi connectivity index (χ1) is 11.1. The Balaban J connectivity index is 1.76. The standard InChI is InChI=1S/C18H27N3O2/c1-2-21(13-14-7-4-3-5-8-14)18(23)12-20-17(22)11-15-9-6-10-16(15)19/h3-5,7-8,15-16H,2,6,9-13,19H2,1H3,(H,20,22)/t15-,16+/m0/s1. The van der Waals surface area contributed by atoms with Crippen molar-refractivity contribution in [2.24, 2.45) is 11.7 Å². The minimum absolute atomic E-state index is 0.0552. The van der Waals surface area contributed by atoms with Crippen molar-refractivity contribution in [3.63, 3.8) is 0 Å². The number of nitrogens with two attached hydrogens (primary N) is 1. The number of hydrogen-bond donors (Lipinski definition) is 2. The molecule has 1 aromatic rings. The number of hydrogen-bond acceptors (Lipinski definition) is 3. The van der Waals surface area contributed by atoms with E-state index in [0.29, 0.717) is 19.5 Å². The van der Waals surface area contributed by atoms with Gasteiger partial charge in [0.1, 0.15) is 0 Å². The molecule has 5 heteroatoms. The summed E-state index contributed by atoms with van der Waals surface area (Å²) in [6, 6.07) is 9.99. The highest BCUT2D eigenvalue weighted by Crippen LogP contribution is 2.26. The van der Waals surface area contributed by atoms with Crippen molar-refractivity contribution >= 4 is 11.8 Å². The topological polar surface area (TPSA) is 75.4 Å². The van der Waals surface area contributed by atoms with Crippen LogP contribution in [-0.2, 0) is 16.1 Å². The number of nitrogens with one attached hydrogen (secondary N) is 1. The molecule has 5 nitrogen and oxygen atoms in total. The van der Waals surface area contributed by atoms with Gasteiger partial charge in [0, 0.05) is 25.6 Å². The number of amides is 2. The Kier molecular flexibility index (Phi) is 6.59. The molecule has 2 atom stereocenters. The fourth-order valence-corrected chi connectivity index (χ4v) is 3.10.